The van der Waals surface area contributed by atoms with Gasteiger partial charge in [-0.25, -0.2) is 18.0 Å². The van der Waals surface area contributed by atoms with Crippen LogP contribution in [0.5, 0.6) is 5.75 Å². The van der Waals surface area contributed by atoms with Gasteiger partial charge in [0.15, 0.2) is 17.4 Å². The van der Waals surface area contributed by atoms with E-state index in [-0.39, 0.29) is 37.2 Å². The number of rotatable bonds is 8. The fourth-order valence-corrected chi connectivity index (χ4v) is 4.95. The van der Waals surface area contributed by atoms with Gasteiger partial charge in [0, 0.05) is 43.5 Å². The number of allylic oxidation sites excluding steroid dienone is 1. The lowest BCUT2D eigenvalue weighted by Crippen LogP contribution is -2.49. The molecule has 0 spiro atoms. The quantitative estimate of drug-likeness (QED) is 0.343. The molecule has 0 unspecified atom stereocenters. The van der Waals surface area contributed by atoms with Crippen molar-refractivity contribution in [1.29, 1.82) is 0 Å². The topological polar surface area (TPSA) is 115 Å². The molecule has 2 aliphatic heterocycles. The lowest BCUT2D eigenvalue weighted by molar-refractivity contribution is -0.131. The first-order valence-corrected chi connectivity index (χ1v) is 14.0. The molecule has 0 aromatic heterocycles. The van der Waals surface area contributed by atoms with Crippen molar-refractivity contribution < 1.29 is 32.3 Å². The molecule has 0 bridgehead atoms. The molecule has 3 aliphatic rings. The van der Waals surface area contributed by atoms with Crippen LogP contribution < -0.4 is 26.0 Å². The zero-order valence-electron chi connectivity index (χ0n) is 23.8. The van der Waals surface area contributed by atoms with Crippen molar-refractivity contribution in [2.45, 2.75) is 31.7 Å². The van der Waals surface area contributed by atoms with E-state index in [4.69, 9.17) is 4.74 Å². The molecule has 0 radical (unpaired) electrons. The molecule has 1 saturated heterocycles. The van der Waals surface area contributed by atoms with Crippen molar-refractivity contribution in [2.24, 2.45) is 5.41 Å². The average Bonchev–Trinajstić information content (AvgIpc) is 3.80. The van der Waals surface area contributed by atoms with Gasteiger partial charge in [-0.3, -0.25) is 14.9 Å². The van der Waals surface area contributed by atoms with Gasteiger partial charge in [0.25, 0.3) is 0 Å². The maximum absolute atomic E-state index is 15.0. The van der Waals surface area contributed by atoms with Crippen LogP contribution in [-0.2, 0) is 9.59 Å². The summed E-state index contributed by atoms with van der Waals surface area (Å²) in [5.41, 5.74) is -1.59. The van der Waals surface area contributed by atoms with Gasteiger partial charge in [-0.15, -0.1) is 0 Å². The first-order valence-electron chi connectivity index (χ1n) is 14.0. The number of hydrogen-bond acceptors (Lipinski definition) is 6. The molecule has 43 heavy (non-hydrogen) atoms. The van der Waals surface area contributed by atoms with Gasteiger partial charge in [0.05, 0.1) is 5.69 Å². The van der Waals surface area contributed by atoms with E-state index in [0.29, 0.717) is 11.5 Å². The smallest absolute Gasteiger partial charge is 0.322 e. The van der Waals surface area contributed by atoms with Crippen LogP contribution in [0.1, 0.15) is 25.7 Å². The summed E-state index contributed by atoms with van der Waals surface area (Å²) in [7, 11) is 3.78. The Morgan fingerprint density at radius 2 is 1.65 bits per heavy atom. The Morgan fingerprint density at radius 3 is 2.33 bits per heavy atom. The summed E-state index contributed by atoms with van der Waals surface area (Å²) in [6.45, 7) is 2.09. The molecule has 2 fully saturated rings. The number of carbonyl (C=O) groups excluding carboxylic acids is 3. The molecule has 1 aliphatic carbocycles. The normalized spacial score (nSPS) is 18.0. The number of amides is 4. The number of nitrogens with zero attached hydrogens (tertiary/aromatic N) is 2. The first-order chi connectivity index (χ1) is 20.5. The number of anilines is 2. The largest absolute Gasteiger partial charge is 0.454 e. The maximum atomic E-state index is 15.0. The highest BCUT2D eigenvalue weighted by Gasteiger charge is 2.56. The van der Waals surface area contributed by atoms with Gasteiger partial charge in [0.2, 0.25) is 11.8 Å². The molecule has 228 valence electrons. The summed E-state index contributed by atoms with van der Waals surface area (Å²) < 4.78 is 48.7. The van der Waals surface area contributed by atoms with Crippen molar-refractivity contribution in [2.75, 3.05) is 44.4 Å². The fraction of sp³-hybridized carbons (Fsp3) is 0.367. The van der Waals surface area contributed by atoms with Gasteiger partial charge >= 0.3 is 6.03 Å². The zero-order valence-corrected chi connectivity index (χ0v) is 23.8. The van der Waals surface area contributed by atoms with Crippen molar-refractivity contribution in [1.82, 2.24) is 20.4 Å². The van der Waals surface area contributed by atoms with Gasteiger partial charge in [-0.2, -0.15) is 0 Å². The summed E-state index contributed by atoms with van der Waals surface area (Å²) >= 11 is 0. The molecular formula is C30H33F3N6O4. The fourth-order valence-electron chi connectivity index (χ4n) is 4.95. The monoisotopic (exact) mass is 598 g/mol. The summed E-state index contributed by atoms with van der Waals surface area (Å²) in [6.07, 6.45) is 5.24. The Hall–Kier alpha value is -4.52. The molecular weight excluding hydrogens is 565 g/mol. The van der Waals surface area contributed by atoms with Gasteiger partial charge in [-0.05, 0) is 76.2 Å². The standard InChI is InChI=1S/C30H33F3N6O4/c1-38-13-8-20(9-14-38)39(2)29(42)37-26-15-21(7-12-34-26)43-25-17-22(32)24(16-23(25)33)36-28(41)30(10-11-30)27(40)35-19-5-3-18(31)4-6-19/h3-7,15-17,20,34H,8-14H2,1-2H3,(H,35,40)(H,36,41)(H,37,42). The van der Waals surface area contributed by atoms with Crippen LogP contribution in [0.4, 0.5) is 29.3 Å². The van der Waals surface area contributed by atoms with Crippen LogP contribution >= 0.6 is 0 Å². The van der Waals surface area contributed by atoms with Crippen LogP contribution in [0.3, 0.4) is 0 Å². The number of nitrogens with one attached hydrogen (secondary N) is 4. The Morgan fingerprint density at radius 1 is 0.977 bits per heavy atom. The number of carbonyl (C=O) groups is 3. The van der Waals surface area contributed by atoms with Crippen LogP contribution in [0, 0.1) is 22.9 Å². The molecule has 0 atom stereocenters. The van der Waals surface area contributed by atoms with E-state index < -0.39 is 46.1 Å². The number of hydrogen-bond donors (Lipinski definition) is 4. The van der Waals surface area contributed by atoms with Gasteiger partial charge < -0.3 is 30.5 Å². The molecule has 1 saturated carbocycles. The first kappa shape index (κ1) is 30.0. The van der Waals surface area contributed by atoms with E-state index in [1.807, 2.05) is 7.05 Å². The Kier molecular flexibility index (Phi) is 8.62. The second-order valence-corrected chi connectivity index (χ2v) is 11.0. The Balaban J connectivity index is 1.19. The van der Waals surface area contributed by atoms with E-state index in [1.54, 1.807) is 18.0 Å². The number of urea groups is 1. The highest BCUT2D eigenvalue weighted by molar-refractivity contribution is 6.16. The lowest BCUT2D eigenvalue weighted by atomic mass is 10.0. The van der Waals surface area contributed by atoms with Crippen LogP contribution in [0.25, 0.3) is 0 Å². The third-order valence-corrected chi connectivity index (χ3v) is 7.90. The van der Waals surface area contributed by atoms with Crippen molar-refractivity contribution in [3.8, 4) is 5.75 Å². The van der Waals surface area contributed by atoms with E-state index in [2.05, 4.69) is 26.2 Å². The number of dihydropyridines is 1. The van der Waals surface area contributed by atoms with Gasteiger partial charge in [-0.1, -0.05) is 0 Å². The summed E-state index contributed by atoms with van der Waals surface area (Å²) in [4.78, 5) is 42.3. The molecule has 5 rings (SSSR count). The van der Waals surface area contributed by atoms with Gasteiger partial charge in [0.1, 0.15) is 22.8 Å². The lowest BCUT2D eigenvalue weighted by Gasteiger charge is -2.35. The molecule has 4 N–H and O–H groups in total. The highest BCUT2D eigenvalue weighted by atomic mass is 19.1. The number of likely N-dealkylation sites (tertiary alicyclic amines) is 1. The molecule has 10 nitrogen and oxygen atoms in total. The predicted octanol–water partition coefficient (Wildman–Crippen LogP) is 3.90. The molecule has 4 amide bonds. The third kappa shape index (κ3) is 6.94. The van der Waals surface area contributed by atoms with E-state index in [0.717, 1.165) is 38.1 Å². The van der Waals surface area contributed by atoms with E-state index in [1.165, 1.54) is 30.3 Å². The summed E-state index contributed by atoms with van der Waals surface area (Å²) in [5, 5.41) is 10.7. The molecule has 2 heterocycles. The van der Waals surface area contributed by atoms with Crippen LogP contribution in [0.15, 0.2) is 60.1 Å². The van der Waals surface area contributed by atoms with E-state index in [9.17, 15) is 27.6 Å². The number of halogens is 3. The van der Waals surface area contributed by atoms with Crippen LogP contribution in [0.2, 0.25) is 0 Å². The minimum absolute atomic E-state index is 0.113. The van der Waals surface area contributed by atoms with Crippen molar-refractivity contribution >= 4 is 29.2 Å². The second kappa shape index (κ2) is 12.4. The summed E-state index contributed by atoms with van der Waals surface area (Å²) in [5.74, 6) is -3.70. The summed E-state index contributed by atoms with van der Waals surface area (Å²) in [6, 6.07) is 6.43. The molecule has 13 heteroatoms. The predicted molar refractivity (Wildman–Crippen MR) is 153 cm³/mol. The third-order valence-electron chi connectivity index (χ3n) is 7.90. The zero-order chi connectivity index (χ0) is 30.7. The van der Waals surface area contributed by atoms with Crippen molar-refractivity contribution in [3.05, 3.63) is 77.6 Å². The SMILES string of the molecule is CN1CCC(N(C)C(=O)NC2=CC(Oc3cc(F)c(NC(=O)C4(C(=O)Nc5ccc(F)cc5)CC4)cc3F)=CCN2)CC1. The second-order valence-electron chi connectivity index (χ2n) is 11.0. The minimum Gasteiger partial charge on any atom is -0.454 e. The molecule has 2 aromatic rings. The van der Waals surface area contributed by atoms with Crippen molar-refractivity contribution in [3.63, 3.8) is 0 Å². The maximum Gasteiger partial charge on any atom is 0.322 e. The number of piperidine rings is 1. The Labute approximate surface area is 246 Å². The molecule has 2 aromatic carbocycles. The van der Waals surface area contributed by atoms with Crippen LogP contribution in [-0.4, -0.2) is 67.4 Å². The highest BCUT2D eigenvalue weighted by Crippen LogP contribution is 2.47. The Bertz CT molecular complexity index is 1470. The minimum atomic E-state index is -1.45. The average molecular weight is 599 g/mol. The number of ether oxygens (including phenoxy) is 1. The number of benzene rings is 2. The van der Waals surface area contributed by atoms with E-state index >= 15 is 0 Å².